The molecule has 1 fully saturated rings. The van der Waals surface area contributed by atoms with E-state index in [1.165, 1.54) is 6.92 Å². The number of carbonyl (C=O) groups is 3. The molecule has 1 heterocycles. The molecule has 2 amide bonds. The van der Waals surface area contributed by atoms with Crippen LogP contribution in [0, 0.1) is 0 Å². The number of benzene rings is 1. The quantitative estimate of drug-likeness (QED) is 0.366. The summed E-state index contributed by atoms with van der Waals surface area (Å²) in [5, 5.41) is 0. The molecule has 0 aromatic heterocycles. The average Bonchev–Trinajstić information content (AvgIpc) is 2.66. The van der Waals surface area contributed by atoms with E-state index < -0.39 is 5.97 Å². The second-order valence-electron chi connectivity index (χ2n) is 4.44. The van der Waals surface area contributed by atoms with Gasteiger partial charge in [-0.3, -0.25) is 14.4 Å². The van der Waals surface area contributed by atoms with Gasteiger partial charge in [-0.15, -0.1) is 0 Å². The number of amides is 2. The highest BCUT2D eigenvalue weighted by molar-refractivity contribution is 6.28. The normalized spacial score (nSPS) is 16.9. The van der Waals surface area contributed by atoms with Gasteiger partial charge in [-0.05, 0) is 30.7 Å². The zero-order valence-electron chi connectivity index (χ0n) is 11.4. The molecule has 0 unspecified atom stereocenters. The Morgan fingerprint density at radius 1 is 1.30 bits per heavy atom. The highest BCUT2D eigenvalue weighted by atomic mass is 16.5. The molecule has 1 aromatic rings. The standard InChI is InChI=1S/C15H15NO4/c1-3-4-11-9-14(18)16(15(11)19)12-5-7-13(8-6-12)20-10(2)17/h4-8H,3,9H2,1-2H3. The summed E-state index contributed by atoms with van der Waals surface area (Å²) in [5.74, 6) is -0.559. The van der Waals surface area contributed by atoms with Gasteiger partial charge < -0.3 is 4.74 Å². The van der Waals surface area contributed by atoms with Crippen LogP contribution in [0.1, 0.15) is 26.7 Å². The molecule has 0 spiro atoms. The van der Waals surface area contributed by atoms with E-state index in [1.807, 2.05) is 6.92 Å². The molecule has 0 radical (unpaired) electrons. The molecule has 1 saturated heterocycles. The van der Waals surface area contributed by atoms with Crippen molar-refractivity contribution in [2.45, 2.75) is 26.7 Å². The van der Waals surface area contributed by atoms with Crippen molar-refractivity contribution < 1.29 is 19.1 Å². The zero-order chi connectivity index (χ0) is 14.7. The fourth-order valence-electron chi connectivity index (χ4n) is 2.07. The van der Waals surface area contributed by atoms with Crippen LogP contribution >= 0.6 is 0 Å². The van der Waals surface area contributed by atoms with Crippen molar-refractivity contribution in [3.63, 3.8) is 0 Å². The Morgan fingerprint density at radius 2 is 1.95 bits per heavy atom. The first-order valence-corrected chi connectivity index (χ1v) is 6.37. The van der Waals surface area contributed by atoms with Gasteiger partial charge in [0.2, 0.25) is 5.91 Å². The van der Waals surface area contributed by atoms with Crippen LogP contribution in [0.3, 0.4) is 0 Å². The molecule has 20 heavy (non-hydrogen) atoms. The third-order valence-electron chi connectivity index (χ3n) is 2.88. The molecular weight excluding hydrogens is 258 g/mol. The van der Waals surface area contributed by atoms with Crippen molar-refractivity contribution in [1.29, 1.82) is 0 Å². The Labute approximate surface area is 116 Å². The van der Waals surface area contributed by atoms with Crippen LogP contribution in [-0.4, -0.2) is 17.8 Å². The van der Waals surface area contributed by atoms with Gasteiger partial charge in [0.15, 0.2) is 0 Å². The lowest BCUT2D eigenvalue weighted by Gasteiger charge is -2.13. The van der Waals surface area contributed by atoms with Crippen molar-refractivity contribution in [3.8, 4) is 5.75 Å². The molecule has 104 valence electrons. The van der Waals surface area contributed by atoms with Crippen LogP contribution in [0.4, 0.5) is 5.69 Å². The number of carbonyl (C=O) groups excluding carboxylic acids is 3. The average molecular weight is 273 g/mol. The fourth-order valence-corrected chi connectivity index (χ4v) is 2.07. The SMILES string of the molecule is CCC=C1CC(=O)N(c2ccc(OC(C)=O)cc2)C1=O. The first-order valence-electron chi connectivity index (χ1n) is 6.37. The number of anilines is 1. The van der Waals surface area contributed by atoms with E-state index in [9.17, 15) is 14.4 Å². The molecule has 2 rings (SSSR count). The highest BCUT2D eigenvalue weighted by Crippen LogP contribution is 2.27. The Morgan fingerprint density at radius 3 is 2.50 bits per heavy atom. The summed E-state index contributed by atoms with van der Waals surface area (Å²) in [6.45, 7) is 3.23. The fraction of sp³-hybridized carbons (Fsp3) is 0.267. The van der Waals surface area contributed by atoms with Crippen LogP contribution < -0.4 is 9.64 Å². The van der Waals surface area contributed by atoms with E-state index in [2.05, 4.69) is 0 Å². The lowest BCUT2D eigenvalue weighted by molar-refractivity contribution is -0.132. The van der Waals surface area contributed by atoms with Crippen molar-refractivity contribution in [3.05, 3.63) is 35.9 Å². The number of allylic oxidation sites excluding steroid dienone is 1. The molecule has 5 heteroatoms. The first-order chi connectivity index (χ1) is 9.52. The van der Waals surface area contributed by atoms with E-state index in [1.54, 1.807) is 30.3 Å². The lowest BCUT2D eigenvalue weighted by Crippen LogP contribution is -2.28. The third kappa shape index (κ3) is 2.77. The van der Waals surface area contributed by atoms with E-state index in [-0.39, 0.29) is 18.2 Å². The minimum atomic E-state index is -0.417. The largest absolute Gasteiger partial charge is 0.427 e. The summed E-state index contributed by atoms with van der Waals surface area (Å²) >= 11 is 0. The maximum Gasteiger partial charge on any atom is 0.308 e. The summed E-state index contributed by atoms with van der Waals surface area (Å²) in [5.41, 5.74) is 1.01. The molecule has 1 aliphatic rings. The van der Waals surface area contributed by atoms with Crippen molar-refractivity contribution >= 4 is 23.5 Å². The summed E-state index contributed by atoms with van der Waals surface area (Å²) in [6.07, 6.45) is 2.62. The Balaban J connectivity index is 2.23. The van der Waals surface area contributed by atoms with Crippen molar-refractivity contribution in [1.82, 2.24) is 0 Å². The second-order valence-corrected chi connectivity index (χ2v) is 4.44. The maximum atomic E-state index is 12.1. The molecule has 0 aliphatic carbocycles. The van der Waals surface area contributed by atoms with Crippen LogP contribution in [0.15, 0.2) is 35.9 Å². The topological polar surface area (TPSA) is 63.7 Å². The molecule has 1 aliphatic heterocycles. The molecule has 0 saturated carbocycles. The first kappa shape index (κ1) is 14.0. The number of esters is 1. The van der Waals surface area contributed by atoms with Gasteiger partial charge in [0.25, 0.3) is 5.91 Å². The number of imide groups is 1. The van der Waals surface area contributed by atoms with Gasteiger partial charge in [-0.2, -0.15) is 0 Å². The summed E-state index contributed by atoms with van der Waals surface area (Å²) in [6, 6.07) is 6.28. The summed E-state index contributed by atoms with van der Waals surface area (Å²) < 4.78 is 4.91. The number of ether oxygens (including phenoxy) is 1. The van der Waals surface area contributed by atoms with Gasteiger partial charge in [0.1, 0.15) is 5.75 Å². The van der Waals surface area contributed by atoms with Crippen LogP contribution in [0.5, 0.6) is 5.75 Å². The third-order valence-corrected chi connectivity index (χ3v) is 2.88. The van der Waals surface area contributed by atoms with Gasteiger partial charge in [-0.25, -0.2) is 4.90 Å². The Bertz CT molecular complexity index is 586. The Kier molecular flexibility index (Phi) is 3.98. The van der Waals surface area contributed by atoms with E-state index in [0.717, 1.165) is 4.90 Å². The number of nitrogens with zero attached hydrogens (tertiary/aromatic N) is 1. The molecule has 0 atom stereocenters. The monoisotopic (exact) mass is 273 g/mol. The summed E-state index contributed by atoms with van der Waals surface area (Å²) in [4.78, 5) is 36.0. The van der Waals surface area contributed by atoms with Crippen molar-refractivity contribution in [2.24, 2.45) is 0 Å². The van der Waals surface area contributed by atoms with Gasteiger partial charge in [-0.1, -0.05) is 13.0 Å². The van der Waals surface area contributed by atoms with Gasteiger partial charge in [0.05, 0.1) is 12.1 Å². The number of rotatable bonds is 3. The predicted octanol–water partition coefficient (Wildman–Crippen LogP) is 2.21. The van der Waals surface area contributed by atoms with E-state index >= 15 is 0 Å². The van der Waals surface area contributed by atoms with Crippen LogP contribution in [0.2, 0.25) is 0 Å². The smallest absolute Gasteiger partial charge is 0.308 e. The van der Waals surface area contributed by atoms with E-state index in [0.29, 0.717) is 23.4 Å². The molecule has 0 bridgehead atoms. The van der Waals surface area contributed by atoms with Gasteiger partial charge >= 0.3 is 5.97 Å². The molecule has 5 nitrogen and oxygen atoms in total. The number of hydrogen-bond acceptors (Lipinski definition) is 4. The second kappa shape index (κ2) is 5.69. The lowest BCUT2D eigenvalue weighted by atomic mass is 10.2. The maximum absolute atomic E-state index is 12.1. The van der Waals surface area contributed by atoms with Crippen molar-refractivity contribution in [2.75, 3.05) is 4.90 Å². The van der Waals surface area contributed by atoms with Crippen LogP contribution in [0.25, 0.3) is 0 Å². The van der Waals surface area contributed by atoms with E-state index in [4.69, 9.17) is 4.74 Å². The molecule has 1 aromatic carbocycles. The highest BCUT2D eigenvalue weighted by Gasteiger charge is 2.34. The molecule has 0 N–H and O–H groups in total. The molecular formula is C15H15NO4. The number of hydrogen-bond donors (Lipinski definition) is 0. The zero-order valence-corrected chi connectivity index (χ0v) is 11.4. The predicted molar refractivity (Wildman–Crippen MR) is 73.2 cm³/mol. The van der Waals surface area contributed by atoms with Crippen LogP contribution in [-0.2, 0) is 14.4 Å². The van der Waals surface area contributed by atoms with Gasteiger partial charge in [0, 0.05) is 12.5 Å². The minimum Gasteiger partial charge on any atom is -0.427 e. The summed E-state index contributed by atoms with van der Waals surface area (Å²) in [7, 11) is 0. The Hall–Kier alpha value is -2.43. The minimum absolute atomic E-state index is 0.137.